The second-order valence-electron chi connectivity index (χ2n) is 21.0. The van der Waals surface area contributed by atoms with E-state index in [0.717, 1.165) is 51.0 Å². The van der Waals surface area contributed by atoms with Gasteiger partial charge in [-0.2, -0.15) is 0 Å². The third-order valence-electron chi connectivity index (χ3n) is 12.1. The molecule has 0 spiro atoms. The highest BCUT2D eigenvalue weighted by Crippen LogP contribution is 2.42. The lowest BCUT2D eigenvalue weighted by atomic mass is 10.1. The lowest BCUT2D eigenvalue weighted by Crippen LogP contribution is -2.17. The number of pyridine rings is 1. The van der Waals surface area contributed by atoms with Gasteiger partial charge in [-0.1, -0.05) is 54.6 Å². The normalized spacial score (nSPS) is 11.2. The zero-order valence-electron chi connectivity index (χ0n) is 54.9. The first-order chi connectivity index (χ1) is 48.0. The summed E-state index contributed by atoms with van der Waals surface area (Å²) in [6.45, 7) is 7.10. The number of nitrogens with zero attached hydrogens (tertiary/aromatic N) is 4. The molecule has 3 amide bonds. The van der Waals surface area contributed by atoms with E-state index in [1.807, 2.05) is 6.07 Å². The van der Waals surface area contributed by atoms with Crippen LogP contribution in [0.2, 0.25) is 0 Å². The summed E-state index contributed by atoms with van der Waals surface area (Å²) in [4.78, 5) is 99.9. The maximum Gasteiger partial charge on any atom is 0.341 e. The minimum absolute atomic E-state index is 0.00248. The van der Waals surface area contributed by atoms with E-state index in [9.17, 15) is 79.2 Å². The summed E-state index contributed by atoms with van der Waals surface area (Å²) in [5, 5.41) is 48.5. The van der Waals surface area contributed by atoms with Crippen LogP contribution in [-0.4, -0.2) is 136 Å². The van der Waals surface area contributed by atoms with E-state index in [2.05, 4.69) is 50.1 Å². The zero-order chi connectivity index (χ0) is 75.1. The highest BCUT2D eigenvalue weighted by molar-refractivity contribution is 7.92. The number of carboxylic acids is 1. The number of hydrogen-bond donors (Lipinski definition) is 10. The quantitative estimate of drug-likeness (QED) is 0.00836. The van der Waals surface area contributed by atoms with Gasteiger partial charge in [-0.05, 0) is 74.5 Å². The van der Waals surface area contributed by atoms with Gasteiger partial charge in [0.25, 0.3) is 17.7 Å². The van der Waals surface area contributed by atoms with Gasteiger partial charge in [-0.25, -0.2) is 50.0 Å². The molecule has 8 rings (SSSR count). The predicted octanol–water partition coefficient (Wildman–Crippen LogP) is 9.48. The van der Waals surface area contributed by atoms with Crippen molar-refractivity contribution in [2.24, 2.45) is 15.0 Å². The number of anilines is 6. The number of carbonyl (C=O) groups excluding carboxylic acids is 6. The van der Waals surface area contributed by atoms with Crippen LogP contribution in [0.1, 0.15) is 76.1 Å². The zero-order valence-corrected chi connectivity index (χ0v) is 57.3. The molecule has 0 aliphatic rings. The van der Waals surface area contributed by atoms with Crippen LogP contribution in [0.25, 0.3) is 0 Å². The molecule has 0 unspecified atom stereocenters. The summed E-state index contributed by atoms with van der Waals surface area (Å²) in [7, 11) is -11.0. The first kappa shape index (κ1) is 78.0. The molecule has 0 atom stereocenters. The number of aromatic hydroxyl groups is 3. The van der Waals surface area contributed by atoms with E-state index < -0.39 is 88.9 Å². The number of carbonyl (C=O) groups is 7. The van der Waals surface area contributed by atoms with Crippen molar-refractivity contribution in [3.8, 4) is 46.1 Å². The van der Waals surface area contributed by atoms with Crippen molar-refractivity contribution in [2.75, 3.05) is 48.9 Å². The van der Waals surface area contributed by atoms with E-state index in [1.165, 1.54) is 111 Å². The first-order valence-corrected chi connectivity index (χ1v) is 34.8. The third-order valence-corrected chi connectivity index (χ3v) is 13.9. The SMILES string of the molecule is CC(=O)Oc1cc(N=COC(C)C)c(O)c(NC(=O)c2ccccc2NS(C)(=O)=O)c1.CC(=O)Oc1cc(N=COc2ccccc2)c(O)c(NC(=O)c2ccccc2NS(C)(=O)=O)c1.CC(=O)Oc1cc(N=COc2ncccc2C(=O)O)c(O)c(NC(=O)c2ccccc2NS(C)(=O)=O)c1. The van der Waals surface area contributed by atoms with E-state index in [-0.39, 0.29) is 103 Å². The monoisotopic (exact) mass is 1460 g/mol. The largest absolute Gasteiger partial charge is 0.504 e. The van der Waals surface area contributed by atoms with Crippen LogP contribution in [0.5, 0.6) is 46.1 Å². The summed E-state index contributed by atoms with van der Waals surface area (Å²) in [6.07, 6.45) is 6.99. The Labute approximate surface area is 582 Å². The molecule has 8 aromatic rings. The molecular weight excluding hydrogens is 1400 g/mol. The van der Waals surface area contributed by atoms with Crippen molar-refractivity contribution in [3.63, 3.8) is 0 Å². The van der Waals surface area contributed by atoms with Crippen LogP contribution in [0.15, 0.2) is 173 Å². The van der Waals surface area contributed by atoms with Gasteiger partial charge in [0.1, 0.15) is 45.6 Å². The molecule has 36 heteroatoms. The number of aromatic nitrogens is 1. The number of phenolic OH excluding ortho intramolecular Hbond substituents is 3. The lowest BCUT2D eigenvalue weighted by Gasteiger charge is -2.14. The number of aromatic carboxylic acids is 1. The fourth-order valence-corrected chi connectivity index (χ4v) is 9.88. The van der Waals surface area contributed by atoms with Gasteiger partial charge in [0.15, 0.2) is 36.5 Å². The standard InChI is InChI=1S/C23H20N4O9S.C23H21N3O7S.C20H23N3O7S/c1-13(28)36-14-10-18(25-12-35-22-16(23(31)32)7-5-9-24-22)20(29)19(11-14)26-21(30)15-6-3-4-8-17(15)27-37(2,33)34;1-15(27)33-17-12-20(24-14-32-16-8-4-3-5-9-16)22(28)21(13-17)25-23(29)18-10-6-7-11-19(18)26-34(2,30)31;1-12(2)29-11-21-17-9-14(30-13(3)24)10-18(19(17)25)22-20(26)15-7-5-6-8-16(15)23-31(4,27)28/h3-12,27,29H,1-2H3,(H,26,30)(H,31,32);3-14,26,28H,1-2H3,(H,25,29);5-12,23,25H,1-4H3,(H,22,26). The fraction of sp³-hybridized carbons (Fsp3) is 0.136. The average Bonchev–Trinajstić information content (AvgIpc) is 0.823. The molecule has 102 heavy (non-hydrogen) atoms. The Balaban J connectivity index is 0.000000242. The summed E-state index contributed by atoms with van der Waals surface area (Å²) in [5.41, 5.74) is -0.913. The Kier molecular flexibility index (Phi) is 27.2. The minimum atomic E-state index is -3.69. The molecule has 0 radical (unpaired) electrons. The van der Waals surface area contributed by atoms with Crippen molar-refractivity contribution in [3.05, 3.63) is 180 Å². The van der Waals surface area contributed by atoms with Crippen molar-refractivity contribution in [1.82, 2.24) is 4.98 Å². The van der Waals surface area contributed by atoms with Gasteiger partial charge in [0, 0.05) is 63.4 Å². The van der Waals surface area contributed by atoms with Crippen molar-refractivity contribution in [2.45, 2.75) is 40.7 Å². The Hall–Kier alpha value is -13.0. The molecule has 0 aliphatic carbocycles. The van der Waals surface area contributed by atoms with Crippen molar-refractivity contribution in [1.29, 1.82) is 0 Å². The van der Waals surface area contributed by atoms with Gasteiger partial charge in [-0.3, -0.25) is 42.9 Å². The molecule has 7 aromatic carbocycles. The number of phenols is 3. The Bertz CT molecular complexity index is 4920. The van der Waals surface area contributed by atoms with E-state index >= 15 is 0 Å². The summed E-state index contributed by atoms with van der Waals surface area (Å²) >= 11 is 0. The maximum atomic E-state index is 12.9. The summed E-state index contributed by atoms with van der Waals surface area (Å²) in [6, 6.07) is 36.4. The molecule has 1 heterocycles. The summed E-state index contributed by atoms with van der Waals surface area (Å²) < 4.78 is 107. The highest BCUT2D eigenvalue weighted by atomic mass is 32.2. The van der Waals surface area contributed by atoms with Crippen LogP contribution in [0.3, 0.4) is 0 Å². The number of para-hydroxylation sites is 4. The van der Waals surface area contributed by atoms with Crippen molar-refractivity contribution < 1.29 is 108 Å². The van der Waals surface area contributed by atoms with Crippen molar-refractivity contribution >= 4 is 142 Å². The van der Waals surface area contributed by atoms with Gasteiger partial charge in [0.2, 0.25) is 35.9 Å². The number of esters is 3. The molecule has 33 nitrogen and oxygen atoms in total. The molecule has 534 valence electrons. The van der Waals surface area contributed by atoms with Gasteiger partial charge >= 0.3 is 23.9 Å². The number of aliphatic imine (C=N–C) groups is 3. The van der Waals surface area contributed by atoms with E-state index in [0.29, 0.717) is 5.75 Å². The van der Waals surface area contributed by atoms with Crippen LogP contribution >= 0.6 is 0 Å². The highest BCUT2D eigenvalue weighted by Gasteiger charge is 2.23. The Morgan fingerprint density at radius 3 is 1.08 bits per heavy atom. The number of nitrogens with one attached hydrogen (secondary N) is 6. The molecule has 1 aromatic heterocycles. The van der Waals surface area contributed by atoms with Crippen LogP contribution in [0.4, 0.5) is 51.2 Å². The van der Waals surface area contributed by atoms with Gasteiger partial charge in [0.05, 0.1) is 75.7 Å². The van der Waals surface area contributed by atoms with Crippen LogP contribution in [-0.2, 0) is 49.2 Å². The molecular formula is C66H64N10O23S3. The summed E-state index contributed by atoms with van der Waals surface area (Å²) in [5.74, 6) is -6.66. The number of carboxylic acid groups (broad SMARTS) is 1. The molecule has 0 saturated heterocycles. The first-order valence-electron chi connectivity index (χ1n) is 29.1. The molecule has 10 N–H and O–H groups in total. The molecule has 0 fully saturated rings. The van der Waals surface area contributed by atoms with Crippen LogP contribution < -0.4 is 53.8 Å². The second kappa shape index (κ2) is 35.5. The average molecular weight is 1460 g/mol. The lowest BCUT2D eigenvalue weighted by molar-refractivity contribution is -0.132. The number of ether oxygens (including phenoxy) is 6. The number of amides is 3. The number of rotatable bonds is 25. The topological polar surface area (TPSA) is 480 Å². The smallest absolute Gasteiger partial charge is 0.341 e. The molecule has 0 bridgehead atoms. The number of hydrogen-bond acceptors (Lipinski definition) is 26. The van der Waals surface area contributed by atoms with E-state index in [4.69, 9.17) is 28.4 Å². The van der Waals surface area contributed by atoms with Gasteiger partial charge in [-0.15, -0.1) is 0 Å². The van der Waals surface area contributed by atoms with Gasteiger partial charge < -0.3 is 64.8 Å². The predicted molar refractivity (Wildman–Crippen MR) is 376 cm³/mol. The molecule has 0 saturated carbocycles. The minimum Gasteiger partial charge on any atom is -0.504 e. The Morgan fingerprint density at radius 2 is 0.745 bits per heavy atom. The Morgan fingerprint density at radius 1 is 0.422 bits per heavy atom. The third kappa shape index (κ3) is 25.2. The molecule has 0 aliphatic heterocycles. The maximum absolute atomic E-state index is 12.9. The van der Waals surface area contributed by atoms with E-state index in [1.54, 1.807) is 62.4 Å². The van der Waals surface area contributed by atoms with Crippen LogP contribution in [0, 0.1) is 0 Å². The fourth-order valence-electron chi connectivity index (χ4n) is 8.15. The second-order valence-corrected chi connectivity index (χ2v) is 26.3. The number of benzene rings is 7. The number of sulfonamides is 3.